The van der Waals surface area contributed by atoms with Crippen molar-refractivity contribution < 1.29 is 5.11 Å². The van der Waals surface area contributed by atoms with Gasteiger partial charge < -0.3 is 10.4 Å². The van der Waals surface area contributed by atoms with Crippen LogP contribution in [-0.2, 0) is 0 Å². The lowest BCUT2D eigenvalue weighted by atomic mass is 10.0. The van der Waals surface area contributed by atoms with Gasteiger partial charge in [-0.2, -0.15) is 0 Å². The molecule has 1 unspecified atom stereocenters. The average Bonchev–Trinajstić information content (AvgIpc) is 2.06. The number of aliphatic hydroxyl groups is 1. The summed E-state index contributed by atoms with van der Waals surface area (Å²) in [6.07, 6.45) is 6.17. The Kier molecular flexibility index (Phi) is 4.52. The average molecular weight is 235 g/mol. The van der Waals surface area contributed by atoms with Crippen molar-refractivity contribution in [3.63, 3.8) is 0 Å². The van der Waals surface area contributed by atoms with Crippen molar-refractivity contribution in [2.75, 3.05) is 14.1 Å². The molecule has 0 bridgehead atoms. The first kappa shape index (κ1) is 11.7. The van der Waals surface area contributed by atoms with Gasteiger partial charge in [0.05, 0.1) is 0 Å². The number of halogens is 1. The first-order valence-corrected chi connectivity index (χ1v) is 3.68. The molecule has 3 nitrogen and oxygen atoms in total. The molecule has 0 saturated carbocycles. The SMILES string of the molecule is Br.CNC1=CCC(O)(NC)C=C1. The van der Waals surface area contributed by atoms with E-state index in [9.17, 15) is 5.11 Å². The number of rotatable bonds is 2. The van der Waals surface area contributed by atoms with Gasteiger partial charge in [0.25, 0.3) is 0 Å². The maximum Gasteiger partial charge on any atom is 0.138 e. The first-order chi connectivity index (χ1) is 5.20. The molecule has 12 heavy (non-hydrogen) atoms. The minimum Gasteiger partial charge on any atom is -0.388 e. The summed E-state index contributed by atoms with van der Waals surface area (Å²) in [5.74, 6) is 0. The van der Waals surface area contributed by atoms with Crippen LogP contribution in [0.2, 0.25) is 0 Å². The molecule has 0 aromatic carbocycles. The Balaban J connectivity index is 0.00000121. The Bertz CT molecular complexity index is 203. The zero-order chi connectivity index (χ0) is 8.32. The Labute approximate surface area is 83.3 Å². The molecule has 0 fully saturated rings. The lowest BCUT2D eigenvalue weighted by molar-refractivity contribution is 0.0642. The van der Waals surface area contributed by atoms with E-state index >= 15 is 0 Å². The molecule has 1 aliphatic rings. The highest BCUT2D eigenvalue weighted by Crippen LogP contribution is 2.15. The molecular formula is C8H15BrN2O. The van der Waals surface area contributed by atoms with Crippen molar-refractivity contribution in [1.82, 2.24) is 10.6 Å². The van der Waals surface area contributed by atoms with Crippen molar-refractivity contribution in [2.24, 2.45) is 0 Å². The van der Waals surface area contributed by atoms with Crippen molar-refractivity contribution in [1.29, 1.82) is 0 Å². The Morgan fingerprint density at radius 1 is 1.50 bits per heavy atom. The lowest BCUT2D eigenvalue weighted by Gasteiger charge is -2.25. The number of allylic oxidation sites excluding steroid dienone is 1. The maximum atomic E-state index is 9.62. The predicted molar refractivity (Wildman–Crippen MR) is 55.2 cm³/mol. The highest BCUT2D eigenvalue weighted by Gasteiger charge is 2.21. The van der Waals surface area contributed by atoms with Crippen LogP contribution < -0.4 is 10.6 Å². The molecule has 0 heterocycles. The third kappa shape index (κ3) is 2.62. The normalized spacial score (nSPS) is 27.4. The lowest BCUT2D eigenvalue weighted by Crippen LogP contribution is -2.41. The quantitative estimate of drug-likeness (QED) is 0.612. The van der Waals surface area contributed by atoms with Gasteiger partial charge >= 0.3 is 0 Å². The van der Waals surface area contributed by atoms with Gasteiger partial charge in [-0.15, -0.1) is 17.0 Å². The maximum absolute atomic E-state index is 9.62. The smallest absolute Gasteiger partial charge is 0.138 e. The van der Waals surface area contributed by atoms with E-state index in [0.29, 0.717) is 6.42 Å². The topological polar surface area (TPSA) is 44.3 Å². The second-order valence-corrected chi connectivity index (χ2v) is 2.62. The molecule has 3 N–H and O–H groups in total. The van der Waals surface area contributed by atoms with Gasteiger partial charge in [-0.3, -0.25) is 5.32 Å². The Morgan fingerprint density at radius 3 is 2.50 bits per heavy atom. The van der Waals surface area contributed by atoms with Crippen LogP contribution in [0.5, 0.6) is 0 Å². The van der Waals surface area contributed by atoms with Crippen molar-refractivity contribution in [2.45, 2.75) is 12.1 Å². The van der Waals surface area contributed by atoms with E-state index in [1.807, 2.05) is 19.2 Å². The van der Waals surface area contributed by atoms with Gasteiger partial charge in [-0.25, -0.2) is 0 Å². The van der Waals surface area contributed by atoms with Crippen LogP contribution in [0.4, 0.5) is 0 Å². The van der Waals surface area contributed by atoms with E-state index in [0.717, 1.165) is 5.70 Å². The summed E-state index contributed by atoms with van der Waals surface area (Å²) in [5.41, 5.74) is 0.199. The fraction of sp³-hybridized carbons (Fsp3) is 0.500. The van der Waals surface area contributed by atoms with Crippen molar-refractivity contribution >= 4 is 17.0 Å². The molecular weight excluding hydrogens is 220 g/mol. The number of hydrogen-bond donors (Lipinski definition) is 3. The van der Waals surface area contributed by atoms with E-state index < -0.39 is 5.72 Å². The predicted octanol–water partition coefficient (Wildman–Crippen LogP) is 0.536. The molecule has 70 valence electrons. The van der Waals surface area contributed by atoms with Gasteiger partial charge in [0.2, 0.25) is 0 Å². The van der Waals surface area contributed by atoms with E-state index in [4.69, 9.17) is 0 Å². The third-order valence-corrected chi connectivity index (χ3v) is 1.89. The van der Waals surface area contributed by atoms with Gasteiger partial charge in [-0.05, 0) is 19.2 Å². The van der Waals surface area contributed by atoms with Crippen LogP contribution in [-0.4, -0.2) is 24.9 Å². The molecule has 1 aliphatic carbocycles. The zero-order valence-corrected chi connectivity index (χ0v) is 9.01. The van der Waals surface area contributed by atoms with Crippen LogP contribution >= 0.6 is 17.0 Å². The second kappa shape index (κ2) is 4.64. The van der Waals surface area contributed by atoms with Crippen molar-refractivity contribution in [3.05, 3.63) is 23.9 Å². The zero-order valence-electron chi connectivity index (χ0n) is 7.29. The van der Waals surface area contributed by atoms with Gasteiger partial charge in [0, 0.05) is 19.2 Å². The number of nitrogens with one attached hydrogen (secondary N) is 2. The molecule has 0 aromatic rings. The van der Waals surface area contributed by atoms with Crippen LogP contribution in [0.15, 0.2) is 23.9 Å². The second-order valence-electron chi connectivity index (χ2n) is 2.62. The fourth-order valence-electron chi connectivity index (χ4n) is 1.00. The van der Waals surface area contributed by atoms with E-state index in [1.165, 1.54) is 0 Å². The summed E-state index contributed by atoms with van der Waals surface area (Å²) in [7, 11) is 3.60. The third-order valence-electron chi connectivity index (χ3n) is 1.89. The summed E-state index contributed by atoms with van der Waals surface area (Å²) in [5, 5.41) is 15.4. The molecule has 0 aliphatic heterocycles. The highest BCUT2D eigenvalue weighted by atomic mass is 79.9. The molecule has 0 spiro atoms. The monoisotopic (exact) mass is 234 g/mol. The van der Waals surface area contributed by atoms with E-state index in [2.05, 4.69) is 10.6 Å². The minimum absolute atomic E-state index is 0. The molecule has 0 amide bonds. The van der Waals surface area contributed by atoms with Crippen LogP contribution in [0.25, 0.3) is 0 Å². The Hall–Kier alpha value is -0.320. The first-order valence-electron chi connectivity index (χ1n) is 3.68. The molecule has 0 saturated heterocycles. The largest absolute Gasteiger partial charge is 0.388 e. The summed E-state index contributed by atoms with van der Waals surface area (Å²) in [6.45, 7) is 0. The van der Waals surface area contributed by atoms with Crippen LogP contribution in [0, 0.1) is 0 Å². The fourth-order valence-corrected chi connectivity index (χ4v) is 1.00. The van der Waals surface area contributed by atoms with Crippen LogP contribution in [0.3, 0.4) is 0 Å². The number of hydrogen-bond acceptors (Lipinski definition) is 3. The molecule has 0 radical (unpaired) electrons. The Morgan fingerprint density at radius 2 is 2.17 bits per heavy atom. The van der Waals surface area contributed by atoms with E-state index in [-0.39, 0.29) is 17.0 Å². The summed E-state index contributed by atoms with van der Waals surface area (Å²) in [4.78, 5) is 0. The van der Waals surface area contributed by atoms with E-state index in [1.54, 1.807) is 13.1 Å². The number of likely N-dealkylation sites (N-methyl/N-ethyl adjacent to an activating group) is 2. The standard InChI is InChI=1S/C8H14N2O.BrH/c1-9-7-3-5-8(11,10-2)6-4-7;/h3-5,9-11H,6H2,1-2H3;1H. The molecule has 4 heteroatoms. The highest BCUT2D eigenvalue weighted by molar-refractivity contribution is 8.93. The minimum atomic E-state index is -0.847. The molecule has 0 aromatic heterocycles. The van der Waals surface area contributed by atoms with Crippen LogP contribution in [0.1, 0.15) is 6.42 Å². The van der Waals surface area contributed by atoms with Gasteiger partial charge in [-0.1, -0.05) is 6.08 Å². The summed E-state index contributed by atoms with van der Waals surface area (Å²) in [6, 6.07) is 0. The summed E-state index contributed by atoms with van der Waals surface area (Å²) >= 11 is 0. The molecule has 1 rings (SSSR count). The van der Waals surface area contributed by atoms with Crippen molar-refractivity contribution in [3.8, 4) is 0 Å². The summed E-state index contributed by atoms with van der Waals surface area (Å²) < 4.78 is 0. The van der Waals surface area contributed by atoms with Gasteiger partial charge in [0.1, 0.15) is 5.72 Å². The van der Waals surface area contributed by atoms with Gasteiger partial charge in [0.15, 0.2) is 0 Å². The molecule has 1 atom stereocenters.